The van der Waals surface area contributed by atoms with Gasteiger partial charge in [0, 0.05) is 37.2 Å². The standard InChI is InChI=1S/C20H29ClN2O4/c1-20(2,3)27-19(25)23-11-9-17(14-23)22(12-10-18(24)26-4)13-15-5-7-16(21)8-6-15/h5-8,17H,9-14H2,1-4H3. The summed E-state index contributed by atoms with van der Waals surface area (Å²) in [6, 6.07) is 7.84. The molecule has 1 aromatic rings. The quantitative estimate of drug-likeness (QED) is 0.686. The third-order valence-electron chi connectivity index (χ3n) is 4.46. The van der Waals surface area contributed by atoms with E-state index in [1.165, 1.54) is 7.11 Å². The second-order valence-corrected chi connectivity index (χ2v) is 8.23. The Bertz CT molecular complexity index is 642. The molecule has 1 heterocycles. The topological polar surface area (TPSA) is 59.1 Å². The molecule has 0 radical (unpaired) electrons. The van der Waals surface area contributed by atoms with Crippen molar-refractivity contribution in [3.05, 3.63) is 34.9 Å². The van der Waals surface area contributed by atoms with Gasteiger partial charge >= 0.3 is 12.1 Å². The molecule has 0 saturated carbocycles. The van der Waals surface area contributed by atoms with Crippen molar-refractivity contribution in [1.29, 1.82) is 0 Å². The fourth-order valence-corrected chi connectivity index (χ4v) is 3.21. The monoisotopic (exact) mass is 396 g/mol. The zero-order valence-corrected chi connectivity index (χ0v) is 17.3. The van der Waals surface area contributed by atoms with Crippen LogP contribution in [0.1, 0.15) is 39.2 Å². The summed E-state index contributed by atoms with van der Waals surface area (Å²) in [6.45, 7) is 8.08. The highest BCUT2D eigenvalue weighted by atomic mass is 35.5. The molecule has 1 aromatic carbocycles. The number of benzene rings is 1. The van der Waals surface area contributed by atoms with Crippen LogP contribution in [-0.4, -0.2) is 60.2 Å². The summed E-state index contributed by atoms with van der Waals surface area (Å²) in [6.07, 6.45) is 0.866. The fourth-order valence-electron chi connectivity index (χ4n) is 3.08. The average Bonchev–Trinajstić information content (AvgIpc) is 3.08. The van der Waals surface area contributed by atoms with Crippen LogP contribution in [0.3, 0.4) is 0 Å². The number of esters is 1. The first-order chi connectivity index (χ1) is 12.7. The van der Waals surface area contributed by atoms with Crippen molar-refractivity contribution in [2.45, 2.75) is 51.8 Å². The Labute approximate surface area is 166 Å². The van der Waals surface area contributed by atoms with E-state index in [4.69, 9.17) is 21.1 Å². The summed E-state index contributed by atoms with van der Waals surface area (Å²) in [7, 11) is 1.39. The number of hydrogen-bond acceptors (Lipinski definition) is 5. The Balaban J connectivity index is 2.03. The summed E-state index contributed by atoms with van der Waals surface area (Å²) >= 11 is 5.97. The molecule has 1 saturated heterocycles. The summed E-state index contributed by atoms with van der Waals surface area (Å²) in [5.74, 6) is -0.238. The number of likely N-dealkylation sites (tertiary alicyclic amines) is 1. The van der Waals surface area contributed by atoms with E-state index >= 15 is 0 Å². The van der Waals surface area contributed by atoms with E-state index in [2.05, 4.69) is 4.90 Å². The number of nitrogens with zero attached hydrogens (tertiary/aromatic N) is 2. The minimum Gasteiger partial charge on any atom is -0.469 e. The number of methoxy groups -OCH3 is 1. The van der Waals surface area contributed by atoms with Gasteiger partial charge < -0.3 is 14.4 Å². The first-order valence-corrected chi connectivity index (χ1v) is 9.59. The molecule has 1 amide bonds. The van der Waals surface area contributed by atoms with Gasteiger partial charge in [-0.05, 0) is 44.9 Å². The molecule has 0 aliphatic carbocycles. The zero-order chi connectivity index (χ0) is 20.0. The molecule has 27 heavy (non-hydrogen) atoms. The van der Waals surface area contributed by atoms with Crippen molar-refractivity contribution < 1.29 is 19.1 Å². The van der Waals surface area contributed by atoms with Gasteiger partial charge in [-0.2, -0.15) is 0 Å². The predicted octanol–water partition coefficient (Wildman–Crippen LogP) is 3.71. The number of carbonyl (C=O) groups excluding carboxylic acids is 2. The predicted molar refractivity (Wildman–Crippen MR) is 105 cm³/mol. The van der Waals surface area contributed by atoms with Crippen molar-refractivity contribution in [2.75, 3.05) is 26.7 Å². The maximum atomic E-state index is 12.3. The molecule has 6 nitrogen and oxygen atoms in total. The molecule has 0 bridgehead atoms. The van der Waals surface area contributed by atoms with Gasteiger partial charge in [0.1, 0.15) is 5.60 Å². The van der Waals surface area contributed by atoms with Gasteiger partial charge in [-0.1, -0.05) is 23.7 Å². The van der Waals surface area contributed by atoms with Crippen molar-refractivity contribution in [1.82, 2.24) is 9.80 Å². The van der Waals surface area contributed by atoms with Crippen LogP contribution in [-0.2, 0) is 20.8 Å². The lowest BCUT2D eigenvalue weighted by molar-refractivity contribution is -0.141. The summed E-state index contributed by atoms with van der Waals surface area (Å²) < 4.78 is 10.3. The number of hydrogen-bond donors (Lipinski definition) is 0. The minimum absolute atomic E-state index is 0.165. The van der Waals surface area contributed by atoms with Crippen molar-refractivity contribution in [3.8, 4) is 0 Å². The Morgan fingerprint density at radius 2 is 1.93 bits per heavy atom. The highest BCUT2D eigenvalue weighted by Gasteiger charge is 2.33. The van der Waals surface area contributed by atoms with Gasteiger partial charge in [-0.3, -0.25) is 9.69 Å². The molecule has 2 rings (SSSR count). The van der Waals surface area contributed by atoms with Gasteiger partial charge in [-0.25, -0.2) is 4.79 Å². The zero-order valence-electron chi connectivity index (χ0n) is 16.5. The van der Waals surface area contributed by atoms with Crippen LogP contribution in [0.15, 0.2) is 24.3 Å². The van der Waals surface area contributed by atoms with E-state index in [9.17, 15) is 9.59 Å². The molecule has 7 heteroatoms. The largest absolute Gasteiger partial charge is 0.469 e. The van der Waals surface area contributed by atoms with Crippen LogP contribution < -0.4 is 0 Å². The molecule has 1 atom stereocenters. The number of halogens is 1. The first-order valence-electron chi connectivity index (χ1n) is 9.21. The molecule has 1 fully saturated rings. The van der Waals surface area contributed by atoms with Gasteiger partial charge in [0.2, 0.25) is 0 Å². The van der Waals surface area contributed by atoms with E-state index in [-0.39, 0.29) is 18.1 Å². The van der Waals surface area contributed by atoms with Crippen molar-refractivity contribution >= 4 is 23.7 Å². The second kappa shape index (κ2) is 9.42. The van der Waals surface area contributed by atoms with Crippen LogP contribution >= 0.6 is 11.6 Å². The van der Waals surface area contributed by atoms with Gasteiger partial charge in [0.05, 0.1) is 13.5 Å². The molecule has 1 unspecified atom stereocenters. The summed E-state index contributed by atoms with van der Waals surface area (Å²) in [5.41, 5.74) is 0.600. The van der Waals surface area contributed by atoms with Crippen molar-refractivity contribution in [3.63, 3.8) is 0 Å². The van der Waals surface area contributed by atoms with Crippen LogP contribution in [0.2, 0.25) is 5.02 Å². The third-order valence-corrected chi connectivity index (χ3v) is 4.71. The molecular weight excluding hydrogens is 368 g/mol. The maximum absolute atomic E-state index is 12.3. The maximum Gasteiger partial charge on any atom is 0.410 e. The Hall–Kier alpha value is -1.79. The van der Waals surface area contributed by atoms with Crippen LogP contribution in [0.4, 0.5) is 4.79 Å². The Morgan fingerprint density at radius 1 is 1.26 bits per heavy atom. The second-order valence-electron chi connectivity index (χ2n) is 7.79. The number of amides is 1. The lowest BCUT2D eigenvalue weighted by atomic mass is 10.1. The van der Waals surface area contributed by atoms with E-state index in [1.54, 1.807) is 4.90 Å². The molecule has 0 N–H and O–H groups in total. The Kier molecular flexibility index (Phi) is 7.50. The van der Waals surface area contributed by atoms with Crippen LogP contribution in [0.25, 0.3) is 0 Å². The van der Waals surface area contributed by atoms with E-state index in [0.29, 0.717) is 37.6 Å². The molecular formula is C20H29ClN2O4. The number of ether oxygens (including phenoxy) is 2. The third kappa shape index (κ3) is 7.03. The highest BCUT2D eigenvalue weighted by Crippen LogP contribution is 2.22. The van der Waals surface area contributed by atoms with Gasteiger partial charge in [-0.15, -0.1) is 0 Å². The molecule has 1 aliphatic rings. The van der Waals surface area contributed by atoms with Gasteiger partial charge in [0.25, 0.3) is 0 Å². The molecule has 1 aliphatic heterocycles. The van der Waals surface area contributed by atoms with Gasteiger partial charge in [0.15, 0.2) is 0 Å². The van der Waals surface area contributed by atoms with E-state index < -0.39 is 5.60 Å². The first kappa shape index (κ1) is 21.5. The highest BCUT2D eigenvalue weighted by molar-refractivity contribution is 6.30. The van der Waals surface area contributed by atoms with Crippen LogP contribution in [0, 0.1) is 0 Å². The summed E-state index contributed by atoms with van der Waals surface area (Å²) in [5, 5.41) is 0.692. The lowest BCUT2D eigenvalue weighted by Crippen LogP contribution is -2.41. The minimum atomic E-state index is -0.511. The number of rotatable bonds is 6. The Morgan fingerprint density at radius 3 is 2.52 bits per heavy atom. The molecule has 0 spiro atoms. The normalized spacial score (nSPS) is 17.3. The smallest absolute Gasteiger partial charge is 0.410 e. The lowest BCUT2D eigenvalue weighted by Gasteiger charge is -2.29. The molecule has 150 valence electrons. The van der Waals surface area contributed by atoms with Crippen molar-refractivity contribution in [2.24, 2.45) is 0 Å². The van der Waals surface area contributed by atoms with E-state index in [0.717, 1.165) is 12.0 Å². The number of carbonyl (C=O) groups is 2. The SMILES string of the molecule is COC(=O)CCN(Cc1ccc(Cl)cc1)C1CCN(C(=O)OC(C)(C)C)C1. The van der Waals surface area contributed by atoms with Crippen LogP contribution in [0.5, 0.6) is 0 Å². The summed E-state index contributed by atoms with van der Waals surface area (Å²) in [4.78, 5) is 27.9. The fraction of sp³-hybridized carbons (Fsp3) is 0.600. The average molecular weight is 397 g/mol. The molecule has 0 aromatic heterocycles. The van der Waals surface area contributed by atoms with E-state index in [1.807, 2.05) is 45.0 Å².